The van der Waals surface area contributed by atoms with E-state index < -0.39 is 0 Å². The molecule has 0 spiro atoms. The van der Waals surface area contributed by atoms with E-state index >= 15 is 0 Å². The van der Waals surface area contributed by atoms with Crippen LogP contribution in [0.4, 0.5) is 4.79 Å². The molecule has 0 bridgehead atoms. The summed E-state index contributed by atoms with van der Waals surface area (Å²) in [6.45, 7) is 1.73. The minimum Gasteiger partial charge on any atom is -0.352 e. The first-order valence-electron chi connectivity index (χ1n) is 7.21. The van der Waals surface area contributed by atoms with E-state index in [9.17, 15) is 14.4 Å². The summed E-state index contributed by atoms with van der Waals surface area (Å²) < 4.78 is 0. The van der Waals surface area contributed by atoms with Crippen molar-refractivity contribution in [3.8, 4) is 0 Å². The number of nitrogens with zero attached hydrogens (tertiary/aromatic N) is 1. The summed E-state index contributed by atoms with van der Waals surface area (Å²) in [5.74, 6) is -0.367. The molecule has 1 aliphatic heterocycles. The second-order valence-electron chi connectivity index (χ2n) is 5.05. The van der Waals surface area contributed by atoms with Gasteiger partial charge in [-0.15, -0.1) is 12.4 Å². The molecule has 23 heavy (non-hydrogen) atoms. The van der Waals surface area contributed by atoms with Crippen molar-refractivity contribution in [1.29, 1.82) is 0 Å². The molecule has 1 aromatic carbocycles. The largest absolute Gasteiger partial charge is 0.352 e. The Morgan fingerprint density at radius 2 is 1.91 bits per heavy atom. The summed E-state index contributed by atoms with van der Waals surface area (Å²) in [5.41, 5.74) is 1.36. The van der Waals surface area contributed by atoms with E-state index in [2.05, 4.69) is 16.0 Å². The van der Waals surface area contributed by atoms with Crippen LogP contribution in [-0.4, -0.2) is 49.4 Å². The zero-order chi connectivity index (χ0) is 15.9. The third-order valence-corrected chi connectivity index (χ3v) is 3.38. The van der Waals surface area contributed by atoms with Crippen molar-refractivity contribution in [3.63, 3.8) is 0 Å². The third kappa shape index (κ3) is 5.22. The molecule has 0 radical (unpaired) electrons. The van der Waals surface area contributed by atoms with Crippen LogP contribution >= 0.6 is 12.4 Å². The number of hydrogen-bond donors (Lipinski definition) is 3. The Hall–Kier alpha value is -2.12. The Balaban J connectivity index is 0.00000264. The number of rotatable bonds is 7. The maximum atomic E-state index is 11.9. The number of benzene rings is 1. The normalized spacial score (nSPS) is 13.5. The van der Waals surface area contributed by atoms with Crippen molar-refractivity contribution < 1.29 is 14.4 Å². The number of nitrogens with one attached hydrogen (secondary N) is 3. The number of urea groups is 1. The molecule has 1 heterocycles. The van der Waals surface area contributed by atoms with Crippen LogP contribution in [-0.2, 0) is 11.3 Å². The van der Waals surface area contributed by atoms with Gasteiger partial charge < -0.3 is 16.0 Å². The molecule has 1 aromatic rings. The van der Waals surface area contributed by atoms with Crippen molar-refractivity contribution in [2.24, 2.45) is 0 Å². The van der Waals surface area contributed by atoms with E-state index in [1.54, 1.807) is 24.3 Å². The molecule has 3 N–H and O–H groups in total. The highest BCUT2D eigenvalue weighted by molar-refractivity contribution is 6.01. The van der Waals surface area contributed by atoms with Gasteiger partial charge in [-0.2, -0.15) is 0 Å². The van der Waals surface area contributed by atoms with E-state index in [-0.39, 0.29) is 43.3 Å². The van der Waals surface area contributed by atoms with Gasteiger partial charge in [0.15, 0.2) is 0 Å². The summed E-state index contributed by atoms with van der Waals surface area (Å²) >= 11 is 0. The molecule has 2 rings (SSSR count). The summed E-state index contributed by atoms with van der Waals surface area (Å²) in [4.78, 5) is 36.0. The molecule has 0 atom stereocenters. The fourth-order valence-electron chi connectivity index (χ4n) is 2.13. The SMILES string of the molecule is CNCCCNC(=O)c1ccc(CN2C(=O)CNC2=O)cc1.Cl. The lowest BCUT2D eigenvalue weighted by Gasteiger charge is -2.12. The lowest BCUT2D eigenvalue weighted by atomic mass is 10.1. The van der Waals surface area contributed by atoms with Crippen molar-refractivity contribution in [1.82, 2.24) is 20.9 Å². The van der Waals surface area contributed by atoms with E-state index in [0.717, 1.165) is 23.4 Å². The standard InChI is InChI=1S/C15H20N4O3.ClH/c1-16-7-2-8-17-14(21)12-5-3-11(4-6-12)10-19-13(20)9-18-15(19)22;/h3-6,16H,2,7-10H2,1H3,(H,17,21)(H,18,22);1H. The Bertz CT molecular complexity index is 546. The molecular formula is C15H21ClN4O3. The molecular weight excluding hydrogens is 320 g/mol. The molecule has 0 saturated carbocycles. The van der Waals surface area contributed by atoms with Crippen LogP contribution in [0.25, 0.3) is 0 Å². The molecule has 7 nitrogen and oxygen atoms in total. The summed E-state index contributed by atoms with van der Waals surface area (Å²) in [6, 6.07) is 6.52. The first-order valence-corrected chi connectivity index (χ1v) is 7.21. The van der Waals surface area contributed by atoms with Gasteiger partial charge in [-0.3, -0.25) is 14.5 Å². The van der Waals surface area contributed by atoms with Gasteiger partial charge in [0.25, 0.3) is 5.91 Å². The van der Waals surface area contributed by atoms with E-state index in [0.29, 0.717) is 12.1 Å². The van der Waals surface area contributed by atoms with E-state index in [1.807, 2.05) is 7.05 Å². The van der Waals surface area contributed by atoms with E-state index in [1.165, 1.54) is 0 Å². The fraction of sp³-hybridized carbons (Fsp3) is 0.400. The van der Waals surface area contributed by atoms with Gasteiger partial charge in [-0.25, -0.2) is 4.79 Å². The van der Waals surface area contributed by atoms with Gasteiger partial charge in [0.05, 0.1) is 13.1 Å². The van der Waals surface area contributed by atoms with Gasteiger partial charge in [-0.05, 0) is 37.7 Å². The maximum Gasteiger partial charge on any atom is 0.324 e. The van der Waals surface area contributed by atoms with Crippen molar-refractivity contribution >= 4 is 30.3 Å². The second kappa shape index (κ2) is 9.12. The molecule has 1 aliphatic rings. The minimum absolute atomic E-state index is 0. The van der Waals surface area contributed by atoms with Crippen molar-refractivity contribution in [2.75, 3.05) is 26.7 Å². The highest BCUT2D eigenvalue weighted by Gasteiger charge is 2.28. The molecule has 126 valence electrons. The van der Waals surface area contributed by atoms with Crippen LogP contribution < -0.4 is 16.0 Å². The fourth-order valence-corrected chi connectivity index (χ4v) is 2.13. The number of imide groups is 1. The van der Waals surface area contributed by atoms with Gasteiger partial charge in [0.2, 0.25) is 5.91 Å². The Morgan fingerprint density at radius 3 is 2.48 bits per heavy atom. The molecule has 1 saturated heterocycles. The van der Waals surface area contributed by atoms with E-state index in [4.69, 9.17) is 0 Å². The number of amides is 4. The number of carbonyl (C=O) groups excluding carboxylic acids is 3. The predicted octanol–water partition coefficient (Wildman–Crippen LogP) is 0.499. The smallest absolute Gasteiger partial charge is 0.324 e. The molecule has 0 aromatic heterocycles. The lowest BCUT2D eigenvalue weighted by molar-refractivity contribution is -0.125. The first-order chi connectivity index (χ1) is 10.6. The van der Waals surface area contributed by atoms with Crippen LogP contribution in [0.1, 0.15) is 22.3 Å². The van der Waals surface area contributed by atoms with Crippen molar-refractivity contribution in [3.05, 3.63) is 35.4 Å². The zero-order valence-electron chi connectivity index (χ0n) is 12.9. The molecule has 4 amide bonds. The monoisotopic (exact) mass is 340 g/mol. The van der Waals surface area contributed by atoms with Crippen molar-refractivity contribution in [2.45, 2.75) is 13.0 Å². The summed E-state index contributed by atoms with van der Waals surface area (Å²) in [7, 11) is 1.87. The Morgan fingerprint density at radius 1 is 1.22 bits per heavy atom. The van der Waals surface area contributed by atoms with Crippen LogP contribution in [0.5, 0.6) is 0 Å². The molecule has 8 heteroatoms. The average Bonchev–Trinajstić information content (AvgIpc) is 2.84. The highest BCUT2D eigenvalue weighted by Crippen LogP contribution is 2.10. The minimum atomic E-state index is -0.378. The topological polar surface area (TPSA) is 90.5 Å². The number of hydrogen-bond acceptors (Lipinski definition) is 4. The lowest BCUT2D eigenvalue weighted by Crippen LogP contribution is -2.30. The number of halogens is 1. The van der Waals surface area contributed by atoms with Crippen LogP contribution in [0, 0.1) is 0 Å². The molecule has 0 aliphatic carbocycles. The first kappa shape index (κ1) is 18.9. The van der Waals surface area contributed by atoms with Gasteiger partial charge in [-0.1, -0.05) is 12.1 Å². The number of carbonyl (C=O) groups is 3. The summed E-state index contributed by atoms with van der Waals surface area (Å²) in [5, 5.41) is 8.32. The third-order valence-electron chi connectivity index (χ3n) is 3.38. The quantitative estimate of drug-likeness (QED) is 0.498. The highest BCUT2D eigenvalue weighted by atomic mass is 35.5. The van der Waals surface area contributed by atoms with Crippen LogP contribution in [0.2, 0.25) is 0 Å². The van der Waals surface area contributed by atoms with Crippen LogP contribution in [0.15, 0.2) is 24.3 Å². The zero-order valence-corrected chi connectivity index (χ0v) is 13.7. The second-order valence-corrected chi connectivity index (χ2v) is 5.05. The predicted molar refractivity (Wildman–Crippen MR) is 88.5 cm³/mol. The molecule has 1 fully saturated rings. The van der Waals surface area contributed by atoms with Gasteiger partial charge >= 0.3 is 6.03 Å². The Labute approximate surface area is 141 Å². The summed E-state index contributed by atoms with van der Waals surface area (Å²) in [6.07, 6.45) is 0.868. The average molecular weight is 341 g/mol. The molecule has 0 unspecified atom stereocenters. The maximum absolute atomic E-state index is 11.9. The van der Waals surface area contributed by atoms with Gasteiger partial charge in [0, 0.05) is 12.1 Å². The van der Waals surface area contributed by atoms with Gasteiger partial charge in [0.1, 0.15) is 0 Å². The Kier molecular flexibility index (Phi) is 7.50. The van der Waals surface area contributed by atoms with Crippen LogP contribution in [0.3, 0.4) is 0 Å².